The van der Waals surface area contributed by atoms with Gasteiger partial charge in [0.1, 0.15) is 6.04 Å². The smallest absolute Gasteiger partial charge is 0.329 e. The number of nitrogens with zero attached hydrogens (tertiary/aromatic N) is 1. The molecule has 140 valence electrons. The number of para-hydroxylation sites is 1. The van der Waals surface area contributed by atoms with E-state index < -0.39 is 30.4 Å². The minimum Gasteiger partial charge on any atom is -0.456 e. The van der Waals surface area contributed by atoms with Gasteiger partial charge in [-0.05, 0) is 25.1 Å². The summed E-state index contributed by atoms with van der Waals surface area (Å²) in [5.74, 6) is -2.29. The zero-order valence-electron chi connectivity index (χ0n) is 15.0. The first-order chi connectivity index (χ1) is 13.5. The lowest BCUT2D eigenvalue weighted by atomic mass is 10.1. The molecular weight excluding hydrogens is 360 g/mol. The summed E-state index contributed by atoms with van der Waals surface area (Å²) in [6.07, 6.45) is 1.56. The number of Topliss-reactive ketones (excluding diaryl/α,β-unsaturated/α-hetero) is 1. The third-order valence-corrected chi connectivity index (χ3v) is 4.79. The number of aromatic amines is 1. The van der Waals surface area contributed by atoms with Crippen LogP contribution in [0, 0.1) is 0 Å². The molecular formula is C21H16N2O5. The second kappa shape index (κ2) is 6.77. The molecule has 2 aromatic carbocycles. The molecule has 7 nitrogen and oxygen atoms in total. The van der Waals surface area contributed by atoms with Crippen LogP contribution in [0.2, 0.25) is 0 Å². The first-order valence-electron chi connectivity index (χ1n) is 8.72. The summed E-state index contributed by atoms with van der Waals surface area (Å²) in [6.45, 7) is 0.925. The zero-order chi connectivity index (χ0) is 19.8. The van der Waals surface area contributed by atoms with Gasteiger partial charge in [0.05, 0.1) is 11.1 Å². The third-order valence-electron chi connectivity index (χ3n) is 4.79. The van der Waals surface area contributed by atoms with Gasteiger partial charge in [-0.2, -0.15) is 0 Å². The van der Waals surface area contributed by atoms with Crippen LogP contribution in [0.1, 0.15) is 38.0 Å². The number of aromatic nitrogens is 1. The topological polar surface area (TPSA) is 96.5 Å². The standard InChI is InChI=1S/C21H16N2O5/c1-12(23-19(25)14-7-2-3-8-15(14)20(23)26)21(27)28-11-18(24)16-10-22-17-9-5-4-6-13(16)17/h2-10,12,22H,11H2,1H3/t12-/m1/s1. The number of fused-ring (bicyclic) bond motifs is 2. The number of benzene rings is 2. The number of esters is 1. The van der Waals surface area contributed by atoms with Gasteiger partial charge in [-0.3, -0.25) is 19.3 Å². The van der Waals surface area contributed by atoms with Crippen molar-refractivity contribution in [3.63, 3.8) is 0 Å². The highest BCUT2D eigenvalue weighted by atomic mass is 16.5. The Bertz CT molecular complexity index is 1100. The lowest BCUT2D eigenvalue weighted by Gasteiger charge is -2.20. The summed E-state index contributed by atoms with van der Waals surface area (Å²) in [5.41, 5.74) is 1.72. The highest BCUT2D eigenvalue weighted by molar-refractivity contribution is 6.22. The molecule has 0 spiro atoms. The molecule has 1 aromatic heterocycles. The van der Waals surface area contributed by atoms with Crippen LogP contribution in [0.3, 0.4) is 0 Å². The first kappa shape index (κ1) is 17.7. The van der Waals surface area contributed by atoms with Crippen molar-refractivity contribution in [1.29, 1.82) is 0 Å². The number of amides is 2. The van der Waals surface area contributed by atoms with E-state index in [2.05, 4.69) is 4.98 Å². The highest BCUT2D eigenvalue weighted by Crippen LogP contribution is 2.25. The lowest BCUT2D eigenvalue weighted by Crippen LogP contribution is -2.44. The second-order valence-electron chi connectivity index (χ2n) is 6.48. The number of ketones is 1. The van der Waals surface area contributed by atoms with Crippen LogP contribution in [-0.4, -0.2) is 46.1 Å². The van der Waals surface area contributed by atoms with Crippen LogP contribution in [0.5, 0.6) is 0 Å². The quantitative estimate of drug-likeness (QED) is 0.419. The molecule has 0 unspecified atom stereocenters. The minimum absolute atomic E-state index is 0.252. The molecule has 1 aliphatic heterocycles. The number of rotatable bonds is 5. The molecule has 0 radical (unpaired) electrons. The fourth-order valence-corrected chi connectivity index (χ4v) is 3.30. The Morgan fingerprint density at radius 1 is 1.00 bits per heavy atom. The first-order valence-corrected chi connectivity index (χ1v) is 8.72. The normalized spacial score (nSPS) is 14.2. The predicted octanol–water partition coefficient (Wildman–Crippen LogP) is 2.58. The largest absolute Gasteiger partial charge is 0.456 e. The van der Waals surface area contributed by atoms with E-state index in [0.29, 0.717) is 5.56 Å². The maximum absolute atomic E-state index is 12.5. The Kier molecular flexibility index (Phi) is 4.27. The van der Waals surface area contributed by atoms with Gasteiger partial charge in [0.15, 0.2) is 6.61 Å². The number of imide groups is 1. The van der Waals surface area contributed by atoms with Crippen molar-refractivity contribution >= 4 is 34.5 Å². The van der Waals surface area contributed by atoms with Crippen molar-refractivity contribution in [1.82, 2.24) is 9.88 Å². The molecule has 1 N–H and O–H groups in total. The Morgan fingerprint density at radius 2 is 1.61 bits per heavy atom. The number of carbonyl (C=O) groups excluding carboxylic acids is 4. The summed E-state index contributed by atoms with van der Waals surface area (Å²) in [5, 5.41) is 0.733. The van der Waals surface area contributed by atoms with Crippen molar-refractivity contribution in [2.75, 3.05) is 6.61 Å². The average Bonchev–Trinajstić information content (AvgIpc) is 3.25. The average molecular weight is 376 g/mol. The molecule has 1 atom stereocenters. The van der Waals surface area contributed by atoms with E-state index in [1.165, 1.54) is 19.1 Å². The van der Waals surface area contributed by atoms with Gasteiger partial charge in [-0.1, -0.05) is 30.3 Å². The molecule has 3 aromatic rings. The molecule has 4 rings (SSSR count). The Hall–Kier alpha value is -3.74. The van der Waals surface area contributed by atoms with Crippen LogP contribution >= 0.6 is 0 Å². The van der Waals surface area contributed by atoms with E-state index in [-0.39, 0.29) is 16.9 Å². The number of hydrogen-bond donors (Lipinski definition) is 1. The Morgan fingerprint density at radius 3 is 2.29 bits per heavy atom. The van der Waals surface area contributed by atoms with Crippen molar-refractivity contribution in [3.8, 4) is 0 Å². The van der Waals surface area contributed by atoms with Crippen molar-refractivity contribution in [2.24, 2.45) is 0 Å². The van der Waals surface area contributed by atoms with Gasteiger partial charge in [0.25, 0.3) is 11.8 Å². The van der Waals surface area contributed by atoms with E-state index in [1.807, 2.05) is 18.2 Å². The van der Waals surface area contributed by atoms with Crippen LogP contribution in [0.15, 0.2) is 54.7 Å². The fraction of sp³-hybridized carbons (Fsp3) is 0.143. The molecule has 2 heterocycles. The van der Waals surface area contributed by atoms with E-state index in [0.717, 1.165) is 15.8 Å². The number of carbonyl (C=O) groups is 4. The molecule has 0 saturated carbocycles. The Labute approximate surface area is 159 Å². The number of H-pyrrole nitrogens is 1. The van der Waals surface area contributed by atoms with Crippen molar-refractivity contribution in [2.45, 2.75) is 13.0 Å². The monoisotopic (exact) mass is 376 g/mol. The minimum atomic E-state index is -1.14. The summed E-state index contributed by atoms with van der Waals surface area (Å²) in [7, 11) is 0. The van der Waals surface area contributed by atoms with Crippen molar-refractivity contribution in [3.05, 3.63) is 71.4 Å². The highest BCUT2D eigenvalue weighted by Gasteiger charge is 2.41. The summed E-state index contributed by atoms with van der Waals surface area (Å²) >= 11 is 0. The van der Waals surface area contributed by atoms with E-state index in [4.69, 9.17) is 4.74 Å². The van der Waals surface area contributed by atoms with Gasteiger partial charge in [0.2, 0.25) is 5.78 Å². The SMILES string of the molecule is C[C@H](C(=O)OCC(=O)c1c[nH]c2ccccc12)N1C(=O)c2ccccc2C1=O. The molecule has 0 aliphatic carbocycles. The van der Waals surface area contributed by atoms with Gasteiger partial charge in [-0.15, -0.1) is 0 Å². The predicted molar refractivity (Wildman–Crippen MR) is 100.0 cm³/mol. The maximum atomic E-state index is 12.5. The van der Waals surface area contributed by atoms with Crippen LogP contribution < -0.4 is 0 Å². The lowest BCUT2D eigenvalue weighted by molar-refractivity contribution is -0.146. The van der Waals surface area contributed by atoms with Crippen LogP contribution in [0.25, 0.3) is 10.9 Å². The van der Waals surface area contributed by atoms with E-state index in [1.54, 1.807) is 24.4 Å². The van der Waals surface area contributed by atoms with E-state index >= 15 is 0 Å². The zero-order valence-corrected chi connectivity index (χ0v) is 15.0. The number of nitrogens with one attached hydrogen (secondary N) is 1. The van der Waals surface area contributed by atoms with Crippen LogP contribution in [-0.2, 0) is 9.53 Å². The van der Waals surface area contributed by atoms with Gasteiger partial charge >= 0.3 is 5.97 Å². The molecule has 0 saturated heterocycles. The molecule has 0 fully saturated rings. The fourth-order valence-electron chi connectivity index (χ4n) is 3.30. The second-order valence-corrected chi connectivity index (χ2v) is 6.48. The maximum Gasteiger partial charge on any atom is 0.329 e. The van der Waals surface area contributed by atoms with Crippen LogP contribution in [0.4, 0.5) is 0 Å². The summed E-state index contributed by atoms with van der Waals surface area (Å²) in [6, 6.07) is 12.5. The summed E-state index contributed by atoms with van der Waals surface area (Å²) in [4.78, 5) is 53.6. The number of hydrogen-bond acceptors (Lipinski definition) is 5. The molecule has 7 heteroatoms. The Balaban J connectivity index is 1.45. The number of ether oxygens (including phenoxy) is 1. The third kappa shape index (κ3) is 2.77. The molecule has 2 amide bonds. The molecule has 0 bridgehead atoms. The van der Waals surface area contributed by atoms with Crippen molar-refractivity contribution < 1.29 is 23.9 Å². The van der Waals surface area contributed by atoms with E-state index in [9.17, 15) is 19.2 Å². The van der Waals surface area contributed by atoms with Gasteiger partial charge < -0.3 is 9.72 Å². The van der Waals surface area contributed by atoms with Gasteiger partial charge in [-0.25, -0.2) is 4.79 Å². The molecule has 28 heavy (non-hydrogen) atoms. The molecule has 1 aliphatic rings. The van der Waals surface area contributed by atoms with Gasteiger partial charge in [0, 0.05) is 22.7 Å². The summed E-state index contributed by atoms with van der Waals surface area (Å²) < 4.78 is 5.10.